The van der Waals surface area contributed by atoms with Gasteiger partial charge in [0, 0.05) is 6.42 Å². The highest BCUT2D eigenvalue weighted by atomic mass is 16.6. The first-order valence-electron chi connectivity index (χ1n) is 8.10. The summed E-state index contributed by atoms with van der Waals surface area (Å²) in [7, 11) is 1.50. The molecular weight excluding hydrogens is 330 g/mol. The van der Waals surface area contributed by atoms with E-state index in [-0.39, 0.29) is 12.4 Å². The average Bonchev–Trinajstić information content (AvgIpc) is 3.10. The van der Waals surface area contributed by atoms with Crippen molar-refractivity contribution in [2.45, 2.75) is 13.3 Å². The summed E-state index contributed by atoms with van der Waals surface area (Å²) in [5, 5.41) is 9.52. The van der Waals surface area contributed by atoms with E-state index in [0.717, 1.165) is 16.6 Å². The van der Waals surface area contributed by atoms with Crippen molar-refractivity contribution in [2.24, 2.45) is 0 Å². The Morgan fingerprint density at radius 2 is 2.08 bits per heavy atom. The summed E-state index contributed by atoms with van der Waals surface area (Å²) in [5.74, 6) is 0.918. The van der Waals surface area contributed by atoms with E-state index in [9.17, 15) is 10.1 Å². The van der Waals surface area contributed by atoms with Crippen LogP contribution in [0.15, 0.2) is 42.5 Å². The second kappa shape index (κ2) is 7.53. The molecule has 0 radical (unpaired) electrons. The van der Waals surface area contributed by atoms with Crippen molar-refractivity contribution in [1.29, 1.82) is 5.26 Å². The van der Waals surface area contributed by atoms with Crippen LogP contribution in [0.2, 0.25) is 0 Å². The Kier molecular flexibility index (Phi) is 4.99. The first kappa shape index (κ1) is 17.2. The number of carbonyl (C=O) groups is 1. The molecule has 3 aromatic rings. The van der Waals surface area contributed by atoms with E-state index < -0.39 is 0 Å². The number of H-pyrrole nitrogens is 1. The third-order valence-corrected chi connectivity index (χ3v) is 3.78. The third-order valence-electron chi connectivity index (χ3n) is 3.78. The molecule has 0 aliphatic rings. The number of aromatic nitrogens is 2. The minimum Gasteiger partial charge on any atom is -0.493 e. The molecule has 1 aromatic heterocycles. The normalized spacial score (nSPS) is 11.2. The molecule has 0 fully saturated rings. The lowest BCUT2D eigenvalue weighted by Crippen LogP contribution is -2.06. The highest BCUT2D eigenvalue weighted by molar-refractivity contribution is 5.90. The Bertz CT molecular complexity index is 995. The SMILES string of the molecule is CCC(=O)Oc1ccc(/C=C(\C#N)c2nc3ccccc3[nH]2)cc1OC. The van der Waals surface area contributed by atoms with Crippen molar-refractivity contribution in [3.8, 4) is 17.6 Å². The number of ether oxygens (including phenoxy) is 2. The number of para-hydroxylation sites is 2. The number of nitrogens with zero attached hydrogens (tertiary/aromatic N) is 2. The summed E-state index contributed by atoms with van der Waals surface area (Å²) >= 11 is 0. The molecule has 1 heterocycles. The summed E-state index contributed by atoms with van der Waals surface area (Å²) < 4.78 is 10.5. The molecule has 0 bridgehead atoms. The van der Waals surface area contributed by atoms with Crippen LogP contribution in [-0.4, -0.2) is 23.0 Å². The topological polar surface area (TPSA) is 88.0 Å². The van der Waals surface area contributed by atoms with Gasteiger partial charge in [-0.2, -0.15) is 5.26 Å². The van der Waals surface area contributed by atoms with Crippen LogP contribution in [0.5, 0.6) is 11.5 Å². The number of fused-ring (bicyclic) bond motifs is 1. The Labute approximate surface area is 150 Å². The number of allylic oxidation sites excluding steroid dienone is 1. The number of methoxy groups -OCH3 is 1. The van der Waals surface area contributed by atoms with Crippen LogP contribution in [0.4, 0.5) is 0 Å². The van der Waals surface area contributed by atoms with Gasteiger partial charge >= 0.3 is 5.97 Å². The van der Waals surface area contributed by atoms with Crippen LogP contribution in [0.3, 0.4) is 0 Å². The number of hydrogen-bond donors (Lipinski definition) is 1. The van der Waals surface area contributed by atoms with Gasteiger partial charge in [0.2, 0.25) is 0 Å². The summed E-state index contributed by atoms with van der Waals surface area (Å²) in [6, 6.07) is 14.8. The fourth-order valence-corrected chi connectivity index (χ4v) is 2.45. The van der Waals surface area contributed by atoms with Crippen LogP contribution >= 0.6 is 0 Å². The lowest BCUT2D eigenvalue weighted by molar-refractivity contribution is -0.134. The van der Waals surface area contributed by atoms with E-state index >= 15 is 0 Å². The van der Waals surface area contributed by atoms with Gasteiger partial charge in [0.15, 0.2) is 11.5 Å². The van der Waals surface area contributed by atoms with Gasteiger partial charge in [-0.1, -0.05) is 25.1 Å². The zero-order valence-corrected chi connectivity index (χ0v) is 14.4. The highest BCUT2D eigenvalue weighted by Crippen LogP contribution is 2.30. The molecule has 2 aromatic carbocycles. The van der Waals surface area contributed by atoms with Gasteiger partial charge in [-0.05, 0) is 35.9 Å². The van der Waals surface area contributed by atoms with Crippen LogP contribution in [0.25, 0.3) is 22.7 Å². The fourth-order valence-electron chi connectivity index (χ4n) is 2.45. The van der Waals surface area contributed by atoms with E-state index in [4.69, 9.17) is 9.47 Å². The van der Waals surface area contributed by atoms with Gasteiger partial charge in [0.05, 0.1) is 23.7 Å². The van der Waals surface area contributed by atoms with E-state index in [1.165, 1.54) is 7.11 Å². The maximum atomic E-state index is 11.5. The quantitative estimate of drug-likeness (QED) is 0.429. The molecule has 0 unspecified atom stereocenters. The van der Waals surface area contributed by atoms with Crippen LogP contribution in [0.1, 0.15) is 24.7 Å². The molecule has 3 rings (SSSR count). The minimum absolute atomic E-state index is 0.273. The van der Waals surface area contributed by atoms with Crippen molar-refractivity contribution >= 4 is 28.7 Å². The monoisotopic (exact) mass is 347 g/mol. The summed E-state index contributed by atoms with van der Waals surface area (Å²) in [5.41, 5.74) is 2.78. The van der Waals surface area contributed by atoms with Gasteiger partial charge in [0.1, 0.15) is 11.9 Å². The fraction of sp³-hybridized carbons (Fsp3) is 0.150. The van der Waals surface area contributed by atoms with Crippen molar-refractivity contribution in [1.82, 2.24) is 9.97 Å². The molecule has 26 heavy (non-hydrogen) atoms. The maximum absolute atomic E-state index is 11.5. The molecule has 0 atom stereocenters. The van der Waals surface area contributed by atoms with Crippen LogP contribution in [-0.2, 0) is 4.79 Å². The number of carbonyl (C=O) groups excluding carboxylic acids is 1. The molecule has 0 amide bonds. The van der Waals surface area contributed by atoms with E-state index in [1.54, 1.807) is 31.2 Å². The first-order chi connectivity index (χ1) is 12.6. The molecule has 0 aliphatic carbocycles. The molecule has 0 saturated carbocycles. The second-order valence-electron chi connectivity index (χ2n) is 5.51. The number of rotatable bonds is 5. The van der Waals surface area contributed by atoms with Crippen molar-refractivity contribution < 1.29 is 14.3 Å². The van der Waals surface area contributed by atoms with Gasteiger partial charge < -0.3 is 14.5 Å². The predicted molar refractivity (Wildman–Crippen MR) is 98.5 cm³/mol. The lowest BCUT2D eigenvalue weighted by atomic mass is 10.1. The van der Waals surface area contributed by atoms with Crippen molar-refractivity contribution in [3.05, 3.63) is 53.9 Å². The van der Waals surface area contributed by atoms with E-state index in [1.807, 2.05) is 24.3 Å². The highest BCUT2D eigenvalue weighted by Gasteiger charge is 2.11. The molecule has 130 valence electrons. The number of nitrogens with one attached hydrogen (secondary N) is 1. The Hall–Kier alpha value is -3.59. The number of aromatic amines is 1. The number of nitriles is 1. The number of imidazole rings is 1. The molecule has 0 saturated heterocycles. The van der Waals surface area contributed by atoms with Crippen LogP contribution in [0, 0.1) is 11.3 Å². The standard InChI is InChI=1S/C20H17N3O3/c1-3-19(24)26-17-9-8-13(11-18(17)25-2)10-14(12-21)20-22-15-6-4-5-7-16(15)23-20/h4-11H,3H2,1-2H3,(H,22,23)/b14-10+. The predicted octanol–water partition coefficient (Wildman–Crippen LogP) is 3.95. The molecule has 6 heteroatoms. The summed E-state index contributed by atoms with van der Waals surface area (Å²) in [6.45, 7) is 1.72. The maximum Gasteiger partial charge on any atom is 0.311 e. The number of hydrogen-bond acceptors (Lipinski definition) is 5. The number of benzene rings is 2. The third kappa shape index (κ3) is 3.57. The first-order valence-corrected chi connectivity index (χ1v) is 8.10. The van der Waals surface area contributed by atoms with Crippen molar-refractivity contribution in [3.63, 3.8) is 0 Å². The van der Waals surface area contributed by atoms with Crippen LogP contribution < -0.4 is 9.47 Å². The molecule has 0 spiro atoms. The Balaban J connectivity index is 1.96. The Morgan fingerprint density at radius 3 is 2.77 bits per heavy atom. The average molecular weight is 347 g/mol. The van der Waals surface area contributed by atoms with Crippen molar-refractivity contribution in [2.75, 3.05) is 7.11 Å². The summed E-state index contributed by atoms with van der Waals surface area (Å²) in [6.07, 6.45) is 1.97. The largest absolute Gasteiger partial charge is 0.493 e. The second-order valence-corrected chi connectivity index (χ2v) is 5.51. The minimum atomic E-state index is -0.341. The zero-order valence-electron chi connectivity index (χ0n) is 14.4. The summed E-state index contributed by atoms with van der Waals surface area (Å²) in [4.78, 5) is 19.1. The van der Waals surface area contributed by atoms with Gasteiger partial charge in [-0.25, -0.2) is 4.98 Å². The Morgan fingerprint density at radius 1 is 1.27 bits per heavy atom. The lowest BCUT2D eigenvalue weighted by Gasteiger charge is -2.09. The smallest absolute Gasteiger partial charge is 0.311 e. The molecule has 0 aliphatic heterocycles. The van der Waals surface area contributed by atoms with Gasteiger partial charge in [-0.15, -0.1) is 0 Å². The van der Waals surface area contributed by atoms with Gasteiger partial charge in [0.25, 0.3) is 0 Å². The molecular formula is C20H17N3O3. The molecule has 6 nitrogen and oxygen atoms in total. The van der Waals surface area contributed by atoms with E-state index in [0.29, 0.717) is 22.9 Å². The van der Waals surface area contributed by atoms with Gasteiger partial charge in [-0.3, -0.25) is 4.79 Å². The number of esters is 1. The zero-order chi connectivity index (χ0) is 18.5. The van der Waals surface area contributed by atoms with E-state index in [2.05, 4.69) is 16.0 Å². The molecule has 1 N–H and O–H groups in total.